The summed E-state index contributed by atoms with van der Waals surface area (Å²) in [7, 11) is 3.12. The summed E-state index contributed by atoms with van der Waals surface area (Å²) in [6, 6.07) is 10.7. The molecule has 0 radical (unpaired) electrons. The second-order valence-electron chi connectivity index (χ2n) is 7.27. The maximum atomic E-state index is 12.9. The third-order valence-corrected chi connectivity index (χ3v) is 5.31. The number of nitrogens with zero attached hydrogens (tertiary/aromatic N) is 4. The number of hydrogen-bond acceptors (Lipinski definition) is 7. The Morgan fingerprint density at radius 2 is 1.75 bits per heavy atom. The van der Waals surface area contributed by atoms with Crippen LogP contribution in [0.5, 0.6) is 11.5 Å². The van der Waals surface area contributed by atoms with Gasteiger partial charge in [0.2, 0.25) is 5.91 Å². The average molecular weight is 434 g/mol. The number of carboxylic acids is 1. The number of carboxylic acid groups (broad SMARTS) is 1. The fraction of sp³-hybridized carbons (Fsp3) is 0.261. The highest BCUT2D eigenvalue weighted by Gasteiger charge is 2.33. The first kappa shape index (κ1) is 21.2. The highest BCUT2D eigenvalue weighted by molar-refractivity contribution is 6.03. The van der Waals surface area contributed by atoms with Crippen LogP contribution in [0.25, 0.3) is 11.0 Å². The molecule has 1 unspecified atom stereocenters. The third-order valence-electron chi connectivity index (χ3n) is 5.31. The van der Waals surface area contributed by atoms with Crippen LogP contribution in [0.1, 0.15) is 36.4 Å². The first-order valence-electron chi connectivity index (χ1n) is 10.0. The lowest BCUT2D eigenvalue weighted by Crippen LogP contribution is -2.27. The molecule has 0 bridgehead atoms. The number of fused-ring (bicyclic) bond motifs is 1. The third kappa shape index (κ3) is 4.22. The van der Waals surface area contributed by atoms with E-state index < -0.39 is 5.97 Å². The Labute approximate surface area is 184 Å². The lowest BCUT2D eigenvalue weighted by atomic mass is 9.97. The Balaban J connectivity index is 1.70. The summed E-state index contributed by atoms with van der Waals surface area (Å²) < 4.78 is 10.7. The summed E-state index contributed by atoms with van der Waals surface area (Å²) in [5.74, 6) is -0.235. The largest absolute Gasteiger partial charge is 0.493 e. The lowest BCUT2D eigenvalue weighted by molar-refractivity contribution is -0.141. The van der Waals surface area contributed by atoms with Crippen molar-refractivity contribution in [3.8, 4) is 11.5 Å². The van der Waals surface area contributed by atoms with Crippen LogP contribution in [-0.2, 0) is 9.59 Å². The molecule has 3 aromatic rings. The van der Waals surface area contributed by atoms with Gasteiger partial charge in [0.05, 0.1) is 43.4 Å². The minimum Gasteiger partial charge on any atom is -0.493 e. The number of hydrazone groups is 1. The number of carbonyl (C=O) groups is 2. The topological polar surface area (TPSA) is 114 Å². The molecule has 164 valence electrons. The predicted molar refractivity (Wildman–Crippen MR) is 117 cm³/mol. The fourth-order valence-electron chi connectivity index (χ4n) is 3.71. The van der Waals surface area contributed by atoms with Gasteiger partial charge in [-0.3, -0.25) is 19.6 Å². The predicted octanol–water partition coefficient (Wildman–Crippen LogP) is 3.19. The molecule has 4 rings (SSSR count). The van der Waals surface area contributed by atoms with Crippen LogP contribution < -0.4 is 9.47 Å². The molecule has 0 saturated heterocycles. The minimum absolute atomic E-state index is 0.137. The Morgan fingerprint density at radius 3 is 2.47 bits per heavy atom. The van der Waals surface area contributed by atoms with Gasteiger partial charge in [0, 0.05) is 30.8 Å². The van der Waals surface area contributed by atoms with Crippen molar-refractivity contribution >= 4 is 28.6 Å². The zero-order valence-electron chi connectivity index (χ0n) is 17.7. The maximum Gasteiger partial charge on any atom is 0.303 e. The molecular weight excluding hydrogens is 412 g/mol. The molecule has 0 saturated carbocycles. The van der Waals surface area contributed by atoms with Crippen molar-refractivity contribution < 1.29 is 24.2 Å². The highest BCUT2D eigenvalue weighted by Crippen LogP contribution is 2.36. The molecular formula is C23H22N4O5. The summed E-state index contributed by atoms with van der Waals surface area (Å²) in [4.78, 5) is 32.5. The van der Waals surface area contributed by atoms with Crippen LogP contribution in [0.2, 0.25) is 0 Å². The molecule has 1 aromatic heterocycles. The molecule has 1 amide bonds. The van der Waals surface area contributed by atoms with Crippen LogP contribution in [0.3, 0.4) is 0 Å². The van der Waals surface area contributed by atoms with Crippen LogP contribution in [0, 0.1) is 0 Å². The Hall–Kier alpha value is -4.01. The second kappa shape index (κ2) is 9.01. The van der Waals surface area contributed by atoms with Crippen molar-refractivity contribution in [2.24, 2.45) is 5.10 Å². The number of methoxy groups -OCH3 is 2. The van der Waals surface area contributed by atoms with Gasteiger partial charge in [-0.2, -0.15) is 5.10 Å². The standard InChI is InChI=1S/C23H22N4O5/c1-31-20-6-4-14(12-21(20)32-2)17-13-19(27(26-17)22(28)7-8-23(29)30)15-3-5-16-18(11-15)25-10-9-24-16/h3-6,9-12,19H,7-8,13H2,1-2H3,(H,29,30). The Morgan fingerprint density at radius 1 is 1.00 bits per heavy atom. The average Bonchev–Trinajstić information content (AvgIpc) is 3.27. The number of carbonyl (C=O) groups excluding carboxylic acids is 1. The van der Waals surface area contributed by atoms with Gasteiger partial charge in [0.15, 0.2) is 11.5 Å². The van der Waals surface area contributed by atoms with E-state index in [1.807, 2.05) is 30.3 Å². The van der Waals surface area contributed by atoms with E-state index in [0.717, 1.165) is 16.6 Å². The molecule has 1 aliphatic heterocycles. The summed E-state index contributed by atoms with van der Waals surface area (Å²) in [6.07, 6.45) is 3.30. The van der Waals surface area contributed by atoms with Crippen molar-refractivity contribution in [1.82, 2.24) is 15.0 Å². The van der Waals surface area contributed by atoms with Crippen molar-refractivity contribution in [3.05, 3.63) is 59.9 Å². The summed E-state index contributed by atoms with van der Waals surface area (Å²) >= 11 is 0. The van der Waals surface area contributed by atoms with Crippen molar-refractivity contribution in [2.45, 2.75) is 25.3 Å². The van der Waals surface area contributed by atoms with Crippen molar-refractivity contribution in [2.75, 3.05) is 14.2 Å². The number of hydrogen-bond donors (Lipinski definition) is 1. The minimum atomic E-state index is -1.03. The van der Waals surface area contributed by atoms with E-state index in [9.17, 15) is 9.59 Å². The Bertz CT molecular complexity index is 1210. The SMILES string of the molecule is COc1ccc(C2=NN(C(=O)CCC(=O)O)C(c3ccc4nccnc4c3)C2)cc1OC. The highest BCUT2D eigenvalue weighted by atomic mass is 16.5. The molecule has 1 aliphatic rings. The van der Waals surface area contributed by atoms with Crippen LogP contribution in [0.4, 0.5) is 0 Å². The summed E-state index contributed by atoms with van der Waals surface area (Å²) in [6.45, 7) is 0. The van der Waals surface area contributed by atoms with E-state index in [4.69, 9.17) is 14.6 Å². The van der Waals surface area contributed by atoms with E-state index in [1.54, 1.807) is 32.7 Å². The second-order valence-corrected chi connectivity index (χ2v) is 7.27. The Kier molecular flexibility index (Phi) is 5.98. The van der Waals surface area contributed by atoms with Gasteiger partial charge in [-0.05, 0) is 35.9 Å². The zero-order chi connectivity index (χ0) is 22.7. The molecule has 1 N–H and O–H groups in total. The first-order valence-corrected chi connectivity index (χ1v) is 10.0. The number of aromatic nitrogens is 2. The molecule has 0 aliphatic carbocycles. The van der Waals surface area contributed by atoms with Gasteiger partial charge in [-0.1, -0.05) is 6.07 Å². The fourth-order valence-corrected chi connectivity index (χ4v) is 3.71. The van der Waals surface area contributed by atoms with E-state index in [0.29, 0.717) is 29.1 Å². The van der Waals surface area contributed by atoms with E-state index in [1.165, 1.54) is 5.01 Å². The van der Waals surface area contributed by atoms with Gasteiger partial charge in [-0.15, -0.1) is 0 Å². The van der Waals surface area contributed by atoms with Crippen molar-refractivity contribution in [1.29, 1.82) is 0 Å². The van der Waals surface area contributed by atoms with Crippen LogP contribution in [0.15, 0.2) is 53.9 Å². The molecule has 9 heteroatoms. The smallest absolute Gasteiger partial charge is 0.303 e. The molecule has 1 atom stereocenters. The number of ether oxygens (including phenoxy) is 2. The first-order chi connectivity index (χ1) is 15.5. The molecule has 2 aromatic carbocycles. The molecule has 0 spiro atoms. The molecule has 2 heterocycles. The summed E-state index contributed by atoms with van der Waals surface area (Å²) in [5, 5.41) is 15.0. The number of rotatable bonds is 7. The van der Waals surface area contributed by atoms with E-state index in [-0.39, 0.29) is 24.8 Å². The maximum absolute atomic E-state index is 12.9. The number of benzene rings is 2. The monoisotopic (exact) mass is 434 g/mol. The van der Waals surface area contributed by atoms with E-state index in [2.05, 4.69) is 15.1 Å². The normalized spacial score (nSPS) is 15.5. The lowest BCUT2D eigenvalue weighted by Gasteiger charge is -2.22. The van der Waals surface area contributed by atoms with Gasteiger partial charge >= 0.3 is 5.97 Å². The number of amides is 1. The molecule has 9 nitrogen and oxygen atoms in total. The van der Waals surface area contributed by atoms with Crippen LogP contribution in [-0.4, -0.2) is 51.9 Å². The van der Waals surface area contributed by atoms with Gasteiger partial charge < -0.3 is 14.6 Å². The van der Waals surface area contributed by atoms with E-state index >= 15 is 0 Å². The summed E-state index contributed by atoms with van der Waals surface area (Å²) in [5.41, 5.74) is 3.79. The molecule has 0 fully saturated rings. The molecule has 32 heavy (non-hydrogen) atoms. The van der Waals surface area contributed by atoms with Gasteiger partial charge in [0.25, 0.3) is 0 Å². The quantitative estimate of drug-likeness (QED) is 0.607. The van der Waals surface area contributed by atoms with Crippen LogP contribution >= 0.6 is 0 Å². The van der Waals surface area contributed by atoms with Gasteiger partial charge in [-0.25, -0.2) is 5.01 Å². The number of aliphatic carboxylic acids is 1. The zero-order valence-corrected chi connectivity index (χ0v) is 17.7. The van der Waals surface area contributed by atoms with Gasteiger partial charge in [0.1, 0.15) is 0 Å². The van der Waals surface area contributed by atoms with Crippen molar-refractivity contribution in [3.63, 3.8) is 0 Å².